The minimum absolute atomic E-state index is 0.104. The summed E-state index contributed by atoms with van der Waals surface area (Å²) in [4.78, 5) is 69.1. The minimum atomic E-state index is -1.38. The van der Waals surface area contributed by atoms with E-state index in [1.54, 1.807) is 60.6 Å². The van der Waals surface area contributed by atoms with Crippen LogP contribution in [-0.4, -0.2) is 69.1 Å². The van der Waals surface area contributed by atoms with Crippen molar-refractivity contribution in [2.24, 2.45) is 11.7 Å². The molecule has 276 valence electrons. The second kappa shape index (κ2) is 18.4. The Hall–Kier alpha value is -4.61. The molecule has 0 aliphatic carbocycles. The van der Waals surface area contributed by atoms with Crippen molar-refractivity contribution in [2.45, 2.75) is 130 Å². The number of nitrogens with zero attached hydrogens (tertiary/aromatic N) is 1. The molecule has 12 nitrogen and oxygen atoms in total. The molecule has 12 heteroatoms. The molecular weight excluding hydrogens is 640 g/mol. The Labute approximate surface area is 296 Å². The van der Waals surface area contributed by atoms with Crippen molar-refractivity contribution in [1.29, 1.82) is 0 Å². The fourth-order valence-electron chi connectivity index (χ4n) is 5.29. The normalized spacial score (nSPS) is 14.1. The maximum atomic E-state index is 14.7. The highest BCUT2D eigenvalue weighted by atomic mass is 16.6. The molecular formula is C38H56N4O8. The van der Waals surface area contributed by atoms with E-state index >= 15 is 0 Å². The second-order valence-electron chi connectivity index (χ2n) is 15.1. The Morgan fingerprint density at radius 3 is 1.96 bits per heavy atom. The lowest BCUT2D eigenvalue weighted by Gasteiger charge is -2.39. The lowest BCUT2D eigenvalue weighted by Crippen LogP contribution is -2.57. The van der Waals surface area contributed by atoms with Crippen molar-refractivity contribution in [3.05, 3.63) is 65.7 Å². The summed E-state index contributed by atoms with van der Waals surface area (Å²) in [5.41, 5.74) is 4.75. The first-order chi connectivity index (χ1) is 23.2. The van der Waals surface area contributed by atoms with Crippen molar-refractivity contribution in [3.63, 3.8) is 0 Å². The fraction of sp³-hybridized carbons (Fsp3) is 0.553. The molecule has 0 aliphatic rings. The van der Waals surface area contributed by atoms with Crippen LogP contribution in [0, 0.1) is 5.92 Å². The molecule has 2 aromatic rings. The van der Waals surface area contributed by atoms with E-state index in [0.717, 1.165) is 5.56 Å². The minimum Gasteiger partial charge on any atom is -0.508 e. The van der Waals surface area contributed by atoms with Crippen LogP contribution in [0.25, 0.3) is 0 Å². The van der Waals surface area contributed by atoms with Gasteiger partial charge < -0.3 is 35.8 Å². The molecule has 0 heterocycles. The molecule has 2 rings (SSSR count). The molecule has 0 bridgehead atoms. The Morgan fingerprint density at radius 1 is 0.800 bits per heavy atom. The van der Waals surface area contributed by atoms with E-state index in [0.29, 0.717) is 12.8 Å². The highest BCUT2D eigenvalue weighted by Gasteiger charge is 2.40. The molecule has 4 atom stereocenters. The van der Waals surface area contributed by atoms with Crippen LogP contribution in [0.15, 0.2) is 54.6 Å². The molecule has 0 aliphatic heterocycles. The number of primary amides is 1. The number of esters is 1. The van der Waals surface area contributed by atoms with Crippen LogP contribution in [0.1, 0.15) is 105 Å². The van der Waals surface area contributed by atoms with E-state index in [4.69, 9.17) is 15.2 Å². The van der Waals surface area contributed by atoms with Crippen molar-refractivity contribution < 1.29 is 38.6 Å². The number of ether oxygens (including phenoxy) is 2. The third kappa shape index (κ3) is 14.5. The summed E-state index contributed by atoms with van der Waals surface area (Å²) < 4.78 is 11.1. The number of alkyl carbamates (subject to hydrolysis) is 1. The van der Waals surface area contributed by atoms with Crippen LogP contribution in [0.4, 0.5) is 4.79 Å². The molecule has 0 saturated heterocycles. The SMILES string of the molecule is CC(C)CCC(C)N(C(=O)C(CCC(N)=O)NC(=O)OC(C)(C)C)C(C(=O)NC(Cc1ccccc1)C(=O)OC(C)(C)C)c1cccc(O)c1. The van der Waals surface area contributed by atoms with Gasteiger partial charge in [-0.15, -0.1) is 0 Å². The van der Waals surface area contributed by atoms with Gasteiger partial charge in [-0.1, -0.05) is 56.3 Å². The van der Waals surface area contributed by atoms with Gasteiger partial charge in [0.1, 0.15) is 35.1 Å². The molecule has 0 saturated carbocycles. The molecule has 0 spiro atoms. The third-order valence-corrected chi connectivity index (χ3v) is 7.56. The number of rotatable bonds is 16. The molecule has 4 amide bonds. The lowest BCUT2D eigenvalue weighted by molar-refractivity contribution is -0.159. The third-order valence-electron chi connectivity index (χ3n) is 7.56. The zero-order valence-electron chi connectivity index (χ0n) is 30.9. The number of nitrogens with two attached hydrogens (primary N) is 1. The standard InChI is InChI=1S/C38H56N4O8/c1-24(2)18-19-25(3)42(34(46)29(20-21-31(39)44)41-36(48)50-38(7,8)9)32(27-16-13-17-28(43)23-27)33(45)40-30(35(47)49-37(4,5)6)22-26-14-11-10-12-15-26/h10-17,23-25,29-30,32,43H,18-22H2,1-9H3,(H2,39,44)(H,40,45)(H,41,48). The van der Waals surface area contributed by atoms with E-state index in [-0.39, 0.29) is 36.5 Å². The summed E-state index contributed by atoms with van der Waals surface area (Å²) in [5, 5.41) is 16.0. The van der Waals surface area contributed by atoms with Gasteiger partial charge in [-0.2, -0.15) is 0 Å². The second-order valence-corrected chi connectivity index (χ2v) is 15.1. The zero-order chi connectivity index (χ0) is 37.8. The smallest absolute Gasteiger partial charge is 0.408 e. The average molecular weight is 697 g/mol. The van der Waals surface area contributed by atoms with E-state index in [1.165, 1.54) is 17.0 Å². The number of phenolic OH excluding ortho intramolecular Hbond substituents is 1. The predicted octanol–water partition coefficient (Wildman–Crippen LogP) is 5.31. The quantitative estimate of drug-likeness (QED) is 0.171. The fourth-order valence-corrected chi connectivity index (χ4v) is 5.29. The summed E-state index contributed by atoms with van der Waals surface area (Å²) in [6.07, 6.45) is -0.0154. The number of amides is 4. The first-order valence-electron chi connectivity index (χ1n) is 17.1. The van der Waals surface area contributed by atoms with Crippen molar-refractivity contribution >= 4 is 29.8 Å². The maximum absolute atomic E-state index is 14.7. The van der Waals surface area contributed by atoms with Crippen LogP contribution >= 0.6 is 0 Å². The monoisotopic (exact) mass is 696 g/mol. The highest BCUT2D eigenvalue weighted by Crippen LogP contribution is 2.30. The number of aromatic hydroxyl groups is 1. The van der Waals surface area contributed by atoms with Crippen LogP contribution in [0.2, 0.25) is 0 Å². The Kier molecular flexibility index (Phi) is 15.3. The van der Waals surface area contributed by atoms with E-state index in [9.17, 15) is 29.1 Å². The summed E-state index contributed by atoms with van der Waals surface area (Å²) in [6.45, 7) is 16.1. The topological polar surface area (TPSA) is 177 Å². The predicted molar refractivity (Wildman–Crippen MR) is 191 cm³/mol. The Morgan fingerprint density at radius 2 is 1.42 bits per heavy atom. The van der Waals surface area contributed by atoms with Gasteiger partial charge in [-0.3, -0.25) is 14.4 Å². The number of hydrogen-bond donors (Lipinski definition) is 4. The van der Waals surface area contributed by atoms with Gasteiger partial charge in [-0.25, -0.2) is 9.59 Å². The van der Waals surface area contributed by atoms with Gasteiger partial charge in [0.15, 0.2) is 0 Å². The van der Waals surface area contributed by atoms with Gasteiger partial charge in [0.2, 0.25) is 17.7 Å². The lowest BCUT2D eigenvalue weighted by atomic mass is 9.95. The van der Waals surface area contributed by atoms with Crippen molar-refractivity contribution in [3.8, 4) is 5.75 Å². The van der Waals surface area contributed by atoms with Gasteiger partial charge in [0.05, 0.1) is 0 Å². The molecule has 0 radical (unpaired) electrons. The van der Waals surface area contributed by atoms with E-state index in [1.807, 2.05) is 44.2 Å². The summed E-state index contributed by atoms with van der Waals surface area (Å²) >= 11 is 0. The summed E-state index contributed by atoms with van der Waals surface area (Å²) in [7, 11) is 0. The molecule has 4 unspecified atom stereocenters. The molecule has 5 N–H and O–H groups in total. The average Bonchev–Trinajstić information content (AvgIpc) is 2.98. The number of phenols is 1. The highest BCUT2D eigenvalue weighted by molar-refractivity contribution is 5.94. The van der Waals surface area contributed by atoms with E-state index < -0.39 is 65.2 Å². The summed E-state index contributed by atoms with van der Waals surface area (Å²) in [5.74, 6) is -2.62. The first-order valence-corrected chi connectivity index (χ1v) is 17.1. The maximum Gasteiger partial charge on any atom is 0.408 e. The molecule has 50 heavy (non-hydrogen) atoms. The van der Waals surface area contributed by atoms with Gasteiger partial charge in [0.25, 0.3) is 0 Å². The Bertz CT molecular complexity index is 1450. The number of carbonyl (C=O) groups excluding carboxylic acids is 5. The van der Waals surface area contributed by atoms with Gasteiger partial charge in [-0.05, 0) is 96.9 Å². The largest absolute Gasteiger partial charge is 0.508 e. The van der Waals surface area contributed by atoms with Crippen LogP contribution in [0.5, 0.6) is 5.75 Å². The first kappa shape index (κ1) is 41.6. The number of nitrogens with one attached hydrogen (secondary N) is 2. The summed E-state index contributed by atoms with van der Waals surface area (Å²) in [6, 6.07) is 10.7. The molecule has 0 aromatic heterocycles. The number of benzene rings is 2. The van der Waals surface area contributed by atoms with Gasteiger partial charge in [0, 0.05) is 18.9 Å². The molecule has 2 aromatic carbocycles. The Balaban J connectivity index is 2.72. The van der Waals surface area contributed by atoms with Crippen LogP contribution in [0.3, 0.4) is 0 Å². The number of hydrogen-bond acceptors (Lipinski definition) is 8. The molecule has 0 fully saturated rings. The number of carbonyl (C=O) groups is 5. The van der Waals surface area contributed by atoms with Crippen LogP contribution in [-0.2, 0) is 35.1 Å². The van der Waals surface area contributed by atoms with Crippen molar-refractivity contribution in [1.82, 2.24) is 15.5 Å². The van der Waals surface area contributed by atoms with E-state index in [2.05, 4.69) is 10.6 Å². The zero-order valence-corrected chi connectivity index (χ0v) is 30.9. The van der Waals surface area contributed by atoms with Gasteiger partial charge >= 0.3 is 12.1 Å². The van der Waals surface area contributed by atoms with Crippen LogP contribution < -0.4 is 16.4 Å². The van der Waals surface area contributed by atoms with Crippen molar-refractivity contribution in [2.75, 3.05) is 0 Å².